The summed E-state index contributed by atoms with van der Waals surface area (Å²) in [7, 11) is 0. The molecule has 1 amide bonds. The van der Waals surface area contributed by atoms with Gasteiger partial charge in [0, 0.05) is 24.7 Å². The highest BCUT2D eigenvalue weighted by Gasteiger charge is 2.01. The second-order valence-corrected chi connectivity index (χ2v) is 4.07. The molecule has 0 atom stereocenters. The molecule has 1 rings (SSSR count). The molecule has 0 aliphatic heterocycles. The van der Waals surface area contributed by atoms with Gasteiger partial charge in [0.1, 0.15) is 0 Å². The van der Waals surface area contributed by atoms with Crippen LogP contribution in [0.25, 0.3) is 6.08 Å². The van der Waals surface area contributed by atoms with Gasteiger partial charge in [0.25, 0.3) is 0 Å². The van der Waals surface area contributed by atoms with Gasteiger partial charge in [-0.2, -0.15) is 0 Å². The van der Waals surface area contributed by atoms with Crippen molar-refractivity contribution in [2.75, 3.05) is 12.3 Å². The zero-order chi connectivity index (χ0) is 13.5. The van der Waals surface area contributed by atoms with E-state index in [1.54, 1.807) is 12.1 Å². The summed E-state index contributed by atoms with van der Waals surface area (Å²) in [6.07, 6.45) is 4.57. The van der Waals surface area contributed by atoms with E-state index in [4.69, 9.17) is 5.73 Å². The fraction of sp³-hybridized carbons (Fsp3) is 0.286. The lowest BCUT2D eigenvalue weighted by Gasteiger charge is -2.03. The second kappa shape index (κ2) is 6.59. The quantitative estimate of drug-likeness (QED) is 0.474. The second-order valence-electron chi connectivity index (χ2n) is 4.07. The Balaban J connectivity index is 2.59. The Morgan fingerprint density at radius 1 is 1.33 bits per heavy atom. The lowest BCUT2D eigenvalue weighted by atomic mass is 10.1. The molecule has 0 aromatic heterocycles. The van der Waals surface area contributed by atoms with Crippen LogP contribution in [0.5, 0.6) is 0 Å². The molecule has 0 aliphatic carbocycles. The largest absolute Gasteiger partial charge is 0.398 e. The molecule has 0 aliphatic rings. The predicted octanol–water partition coefficient (Wildman–Crippen LogP) is 2.01. The molecule has 3 N–H and O–H groups in total. The maximum absolute atomic E-state index is 11.2. The van der Waals surface area contributed by atoms with Crippen LogP contribution in [0.15, 0.2) is 24.3 Å². The summed E-state index contributed by atoms with van der Waals surface area (Å²) in [5.74, 6) is -0.0309. The van der Waals surface area contributed by atoms with Crippen molar-refractivity contribution < 1.29 is 9.59 Å². The zero-order valence-corrected chi connectivity index (χ0v) is 10.7. The minimum Gasteiger partial charge on any atom is -0.398 e. The topological polar surface area (TPSA) is 72.2 Å². The standard InChI is InChI=1S/C14H18N2O2/c1-10(17)13-7-6-12(14(15)9-13)5-3-4-8-16-11(2)18/h3,5-7,9H,4,8,15H2,1-2H3,(H,16,18). The maximum Gasteiger partial charge on any atom is 0.216 e. The third kappa shape index (κ3) is 4.41. The Kier molecular flexibility index (Phi) is 5.11. The van der Waals surface area contributed by atoms with Crippen LogP contribution in [0.1, 0.15) is 36.2 Å². The van der Waals surface area contributed by atoms with Crippen LogP contribution in [0.3, 0.4) is 0 Å². The molecule has 1 aromatic rings. The van der Waals surface area contributed by atoms with Crippen LogP contribution in [-0.2, 0) is 4.79 Å². The van der Waals surface area contributed by atoms with Gasteiger partial charge in [-0.3, -0.25) is 9.59 Å². The highest BCUT2D eigenvalue weighted by molar-refractivity contribution is 5.95. The molecular weight excluding hydrogens is 228 g/mol. The van der Waals surface area contributed by atoms with Crippen molar-refractivity contribution in [3.63, 3.8) is 0 Å². The SMILES string of the molecule is CC(=O)NCCC=Cc1ccc(C(C)=O)cc1N. The fourth-order valence-electron chi connectivity index (χ4n) is 1.49. The smallest absolute Gasteiger partial charge is 0.216 e. The number of anilines is 1. The Morgan fingerprint density at radius 2 is 2.06 bits per heavy atom. The van der Waals surface area contributed by atoms with E-state index >= 15 is 0 Å². The van der Waals surface area contributed by atoms with Crippen LogP contribution in [0.2, 0.25) is 0 Å². The van der Waals surface area contributed by atoms with Crippen molar-refractivity contribution in [1.29, 1.82) is 0 Å². The number of hydrogen-bond donors (Lipinski definition) is 2. The number of Topliss-reactive ketones (excluding diaryl/α,β-unsaturated/α-hetero) is 1. The monoisotopic (exact) mass is 246 g/mol. The molecule has 96 valence electrons. The van der Waals surface area contributed by atoms with E-state index in [0.717, 1.165) is 12.0 Å². The van der Waals surface area contributed by atoms with Gasteiger partial charge in [0.15, 0.2) is 5.78 Å². The van der Waals surface area contributed by atoms with Crippen LogP contribution in [0, 0.1) is 0 Å². The molecule has 0 unspecified atom stereocenters. The average molecular weight is 246 g/mol. The van der Waals surface area contributed by atoms with E-state index in [0.29, 0.717) is 17.8 Å². The summed E-state index contributed by atoms with van der Waals surface area (Å²) >= 11 is 0. The average Bonchev–Trinajstić information content (AvgIpc) is 2.29. The summed E-state index contributed by atoms with van der Waals surface area (Å²) in [4.78, 5) is 21.8. The molecular formula is C14H18N2O2. The first kappa shape index (κ1) is 14.0. The highest BCUT2D eigenvalue weighted by Crippen LogP contribution is 2.16. The maximum atomic E-state index is 11.2. The minimum atomic E-state index is -0.0336. The summed E-state index contributed by atoms with van der Waals surface area (Å²) in [5, 5.41) is 2.70. The lowest BCUT2D eigenvalue weighted by Crippen LogP contribution is -2.20. The summed E-state index contributed by atoms with van der Waals surface area (Å²) in [6, 6.07) is 5.25. The van der Waals surface area contributed by atoms with Gasteiger partial charge in [0.2, 0.25) is 5.91 Å². The molecule has 0 saturated heterocycles. The minimum absolute atomic E-state index is 0.00267. The molecule has 1 aromatic carbocycles. The first-order valence-corrected chi connectivity index (χ1v) is 5.82. The number of nitrogens with two attached hydrogens (primary N) is 1. The molecule has 0 spiro atoms. The Bertz CT molecular complexity index is 479. The number of carbonyl (C=O) groups excluding carboxylic acids is 2. The van der Waals surface area contributed by atoms with Crippen molar-refractivity contribution in [3.8, 4) is 0 Å². The number of hydrogen-bond acceptors (Lipinski definition) is 3. The first-order chi connectivity index (χ1) is 8.50. The number of amides is 1. The van der Waals surface area contributed by atoms with E-state index in [1.807, 2.05) is 18.2 Å². The van der Waals surface area contributed by atoms with Gasteiger partial charge in [-0.05, 0) is 25.0 Å². The number of rotatable bonds is 5. The predicted molar refractivity (Wildman–Crippen MR) is 73.2 cm³/mol. The molecule has 0 fully saturated rings. The van der Waals surface area contributed by atoms with Crippen molar-refractivity contribution in [2.24, 2.45) is 0 Å². The van der Waals surface area contributed by atoms with Crippen LogP contribution < -0.4 is 11.1 Å². The number of ketones is 1. The van der Waals surface area contributed by atoms with Crippen LogP contribution >= 0.6 is 0 Å². The number of nitrogens with one attached hydrogen (secondary N) is 1. The molecule has 4 heteroatoms. The highest BCUT2D eigenvalue weighted by atomic mass is 16.1. The van der Waals surface area contributed by atoms with Crippen molar-refractivity contribution in [2.45, 2.75) is 20.3 Å². The summed E-state index contributed by atoms with van der Waals surface area (Å²) in [5.41, 5.74) is 7.92. The van der Waals surface area contributed by atoms with E-state index in [-0.39, 0.29) is 11.7 Å². The summed E-state index contributed by atoms with van der Waals surface area (Å²) in [6.45, 7) is 3.61. The van der Waals surface area contributed by atoms with Crippen molar-refractivity contribution in [3.05, 3.63) is 35.4 Å². The van der Waals surface area contributed by atoms with Gasteiger partial charge < -0.3 is 11.1 Å². The van der Waals surface area contributed by atoms with Crippen molar-refractivity contribution >= 4 is 23.5 Å². The third-order valence-corrected chi connectivity index (χ3v) is 2.48. The Hall–Kier alpha value is -2.10. The van der Waals surface area contributed by atoms with Gasteiger partial charge in [0.05, 0.1) is 0 Å². The molecule has 0 bridgehead atoms. The molecule has 18 heavy (non-hydrogen) atoms. The van der Waals surface area contributed by atoms with Gasteiger partial charge in [-0.1, -0.05) is 24.3 Å². The third-order valence-electron chi connectivity index (χ3n) is 2.48. The summed E-state index contributed by atoms with van der Waals surface area (Å²) < 4.78 is 0. The number of carbonyl (C=O) groups is 2. The van der Waals surface area contributed by atoms with Crippen molar-refractivity contribution in [1.82, 2.24) is 5.32 Å². The first-order valence-electron chi connectivity index (χ1n) is 5.82. The Labute approximate surface area is 107 Å². The molecule has 0 heterocycles. The van der Waals surface area contributed by atoms with E-state index in [9.17, 15) is 9.59 Å². The van der Waals surface area contributed by atoms with Crippen LogP contribution in [-0.4, -0.2) is 18.2 Å². The molecule has 0 radical (unpaired) electrons. The zero-order valence-electron chi connectivity index (χ0n) is 10.7. The Morgan fingerprint density at radius 3 is 2.61 bits per heavy atom. The van der Waals surface area contributed by atoms with Gasteiger partial charge in [-0.25, -0.2) is 0 Å². The van der Waals surface area contributed by atoms with E-state index in [1.165, 1.54) is 13.8 Å². The molecule has 4 nitrogen and oxygen atoms in total. The fourth-order valence-corrected chi connectivity index (χ4v) is 1.49. The van der Waals surface area contributed by atoms with Gasteiger partial charge >= 0.3 is 0 Å². The van der Waals surface area contributed by atoms with Gasteiger partial charge in [-0.15, -0.1) is 0 Å². The normalized spacial score (nSPS) is 10.6. The lowest BCUT2D eigenvalue weighted by molar-refractivity contribution is -0.118. The molecule has 0 saturated carbocycles. The van der Waals surface area contributed by atoms with Crippen LogP contribution in [0.4, 0.5) is 5.69 Å². The van der Waals surface area contributed by atoms with E-state index < -0.39 is 0 Å². The van der Waals surface area contributed by atoms with E-state index in [2.05, 4.69) is 5.32 Å². The number of nitrogen functional groups attached to an aromatic ring is 1. The number of benzene rings is 1.